The molecule has 2 aromatic rings. The summed E-state index contributed by atoms with van der Waals surface area (Å²) in [5.41, 5.74) is 1.77. The largest absolute Gasteiger partial charge is 0.339 e. The second kappa shape index (κ2) is 6.47. The number of anilines is 1. The minimum atomic E-state index is 0.116. The first kappa shape index (κ1) is 16.1. The normalized spacial score (nSPS) is 25.0. The third kappa shape index (κ3) is 2.99. The molecule has 130 valence electrons. The average Bonchev–Trinajstić information content (AvgIpc) is 2.91. The van der Waals surface area contributed by atoms with E-state index in [0.29, 0.717) is 12.1 Å². The smallest absolute Gasteiger partial charge is 0.253 e. The fraction of sp³-hybridized carbons (Fsp3) is 0.450. The Bertz CT molecular complexity index is 749. The minimum Gasteiger partial charge on any atom is -0.339 e. The standard InChI is InChI=1S/C20H24N4O/c1-14-10-11-21-20(22-14)24-16-8-9-17(24)13-18(12-16)23(2)19(25)15-6-4-3-5-7-15/h3-7,10-11,16-18H,8-9,12-13H2,1-2H3. The Kier molecular flexibility index (Phi) is 4.15. The topological polar surface area (TPSA) is 49.3 Å². The van der Waals surface area contributed by atoms with Crippen molar-refractivity contribution in [3.05, 3.63) is 53.9 Å². The molecule has 0 N–H and O–H groups in total. The summed E-state index contributed by atoms with van der Waals surface area (Å²) in [5, 5.41) is 0. The van der Waals surface area contributed by atoms with E-state index in [-0.39, 0.29) is 11.9 Å². The summed E-state index contributed by atoms with van der Waals surface area (Å²) >= 11 is 0. The SMILES string of the molecule is Cc1ccnc(N2C3CCC2CC(N(C)C(=O)c2ccccc2)C3)n1. The van der Waals surface area contributed by atoms with Crippen LogP contribution in [0.4, 0.5) is 5.95 Å². The molecule has 0 radical (unpaired) electrons. The first-order chi connectivity index (χ1) is 12.1. The van der Waals surface area contributed by atoms with Gasteiger partial charge >= 0.3 is 0 Å². The van der Waals surface area contributed by atoms with Gasteiger partial charge in [-0.3, -0.25) is 4.79 Å². The molecule has 0 spiro atoms. The summed E-state index contributed by atoms with van der Waals surface area (Å²) in [6.45, 7) is 2.01. The van der Waals surface area contributed by atoms with Crippen molar-refractivity contribution in [1.82, 2.24) is 14.9 Å². The van der Waals surface area contributed by atoms with Gasteiger partial charge < -0.3 is 9.80 Å². The molecule has 5 heteroatoms. The highest BCUT2D eigenvalue weighted by Gasteiger charge is 2.43. The van der Waals surface area contributed by atoms with Crippen LogP contribution in [0.25, 0.3) is 0 Å². The fourth-order valence-corrected chi connectivity index (χ4v) is 4.30. The molecule has 25 heavy (non-hydrogen) atoms. The molecule has 0 aliphatic carbocycles. The zero-order valence-corrected chi connectivity index (χ0v) is 14.8. The highest BCUT2D eigenvalue weighted by molar-refractivity contribution is 5.94. The van der Waals surface area contributed by atoms with E-state index in [4.69, 9.17) is 0 Å². The van der Waals surface area contributed by atoms with Crippen LogP contribution in [0.1, 0.15) is 41.7 Å². The molecule has 2 fully saturated rings. The molecule has 2 unspecified atom stereocenters. The number of hydrogen-bond acceptors (Lipinski definition) is 4. The minimum absolute atomic E-state index is 0.116. The zero-order valence-electron chi connectivity index (χ0n) is 14.8. The van der Waals surface area contributed by atoms with E-state index in [9.17, 15) is 4.79 Å². The molecule has 2 bridgehead atoms. The highest BCUT2D eigenvalue weighted by atomic mass is 16.2. The van der Waals surface area contributed by atoms with Gasteiger partial charge in [0.15, 0.2) is 0 Å². The Balaban J connectivity index is 1.51. The number of fused-ring (bicyclic) bond motifs is 2. The number of carbonyl (C=O) groups excluding carboxylic acids is 1. The third-order valence-corrected chi connectivity index (χ3v) is 5.61. The van der Waals surface area contributed by atoms with Crippen molar-refractivity contribution in [2.24, 2.45) is 0 Å². The second-order valence-corrected chi connectivity index (χ2v) is 7.20. The number of benzene rings is 1. The molecule has 4 rings (SSSR count). The van der Waals surface area contributed by atoms with Gasteiger partial charge in [-0.25, -0.2) is 9.97 Å². The van der Waals surface area contributed by atoms with Crippen LogP contribution in [-0.4, -0.2) is 45.9 Å². The summed E-state index contributed by atoms with van der Waals surface area (Å²) in [6, 6.07) is 12.6. The Morgan fingerprint density at radius 2 is 1.80 bits per heavy atom. The lowest BCUT2D eigenvalue weighted by molar-refractivity contribution is 0.0693. The van der Waals surface area contributed by atoms with Crippen molar-refractivity contribution in [3.63, 3.8) is 0 Å². The monoisotopic (exact) mass is 336 g/mol. The van der Waals surface area contributed by atoms with Crippen LogP contribution in [0.2, 0.25) is 0 Å². The number of hydrogen-bond donors (Lipinski definition) is 0. The summed E-state index contributed by atoms with van der Waals surface area (Å²) in [5.74, 6) is 0.966. The summed E-state index contributed by atoms with van der Waals surface area (Å²) in [6.07, 6.45) is 6.14. The molecule has 1 amide bonds. The van der Waals surface area contributed by atoms with E-state index >= 15 is 0 Å². The number of rotatable bonds is 3. The average molecular weight is 336 g/mol. The van der Waals surface area contributed by atoms with Gasteiger partial charge in [-0.15, -0.1) is 0 Å². The van der Waals surface area contributed by atoms with Gasteiger partial charge in [-0.2, -0.15) is 0 Å². The fourth-order valence-electron chi connectivity index (χ4n) is 4.30. The first-order valence-corrected chi connectivity index (χ1v) is 9.03. The van der Waals surface area contributed by atoms with E-state index < -0.39 is 0 Å². The van der Waals surface area contributed by atoms with Crippen LogP contribution < -0.4 is 4.90 Å². The molecule has 2 saturated heterocycles. The molecule has 2 aliphatic rings. The van der Waals surface area contributed by atoms with Crippen LogP contribution in [0.15, 0.2) is 42.6 Å². The van der Waals surface area contributed by atoms with Crippen LogP contribution in [0, 0.1) is 6.92 Å². The van der Waals surface area contributed by atoms with Gasteiger partial charge in [0.2, 0.25) is 5.95 Å². The van der Waals surface area contributed by atoms with Gasteiger partial charge in [0.1, 0.15) is 0 Å². The molecule has 0 saturated carbocycles. The van der Waals surface area contributed by atoms with Crippen LogP contribution in [-0.2, 0) is 0 Å². The number of aromatic nitrogens is 2. The molecule has 1 aromatic heterocycles. The molecular formula is C20H24N4O. The lowest BCUT2D eigenvalue weighted by Crippen LogP contribution is -2.51. The predicted molar refractivity (Wildman–Crippen MR) is 97.6 cm³/mol. The number of amides is 1. The van der Waals surface area contributed by atoms with E-state index in [0.717, 1.165) is 42.9 Å². The quantitative estimate of drug-likeness (QED) is 0.864. The van der Waals surface area contributed by atoms with Crippen LogP contribution >= 0.6 is 0 Å². The molecule has 2 atom stereocenters. The van der Waals surface area contributed by atoms with Crippen molar-refractivity contribution >= 4 is 11.9 Å². The number of piperidine rings is 1. The Hall–Kier alpha value is -2.43. The maximum atomic E-state index is 12.8. The number of carbonyl (C=O) groups is 1. The zero-order chi connectivity index (χ0) is 17.4. The lowest BCUT2D eigenvalue weighted by Gasteiger charge is -2.42. The number of aryl methyl sites for hydroxylation is 1. The van der Waals surface area contributed by atoms with E-state index in [1.54, 1.807) is 0 Å². The molecule has 2 aliphatic heterocycles. The van der Waals surface area contributed by atoms with Crippen LogP contribution in [0.5, 0.6) is 0 Å². The van der Waals surface area contributed by atoms with Crippen molar-refractivity contribution in [3.8, 4) is 0 Å². The molecule has 1 aromatic carbocycles. The van der Waals surface area contributed by atoms with E-state index in [1.165, 1.54) is 0 Å². The maximum absolute atomic E-state index is 12.8. The summed E-state index contributed by atoms with van der Waals surface area (Å²) in [7, 11) is 1.94. The van der Waals surface area contributed by atoms with Crippen LogP contribution in [0.3, 0.4) is 0 Å². The van der Waals surface area contributed by atoms with Gasteiger partial charge in [-0.1, -0.05) is 18.2 Å². The van der Waals surface area contributed by atoms with Crippen molar-refractivity contribution < 1.29 is 4.79 Å². The van der Waals surface area contributed by atoms with Crippen molar-refractivity contribution in [2.75, 3.05) is 11.9 Å². The van der Waals surface area contributed by atoms with Crippen molar-refractivity contribution in [1.29, 1.82) is 0 Å². The van der Waals surface area contributed by atoms with Crippen molar-refractivity contribution in [2.45, 2.75) is 50.7 Å². The Morgan fingerprint density at radius 1 is 1.12 bits per heavy atom. The Morgan fingerprint density at radius 3 is 2.44 bits per heavy atom. The maximum Gasteiger partial charge on any atom is 0.253 e. The van der Waals surface area contributed by atoms with E-state index in [1.807, 2.05) is 61.5 Å². The highest BCUT2D eigenvalue weighted by Crippen LogP contribution is 2.39. The number of nitrogens with zero attached hydrogens (tertiary/aromatic N) is 4. The van der Waals surface area contributed by atoms with Gasteiger partial charge in [-0.05, 0) is 50.8 Å². The van der Waals surface area contributed by atoms with Gasteiger partial charge in [0, 0.05) is 42.6 Å². The Labute approximate surface area is 148 Å². The predicted octanol–water partition coefficient (Wildman–Crippen LogP) is 3.06. The lowest BCUT2D eigenvalue weighted by atomic mass is 9.96. The molecule has 5 nitrogen and oxygen atoms in total. The summed E-state index contributed by atoms with van der Waals surface area (Å²) < 4.78 is 0. The second-order valence-electron chi connectivity index (χ2n) is 7.20. The molecule has 3 heterocycles. The molecular weight excluding hydrogens is 312 g/mol. The third-order valence-electron chi connectivity index (χ3n) is 5.61. The first-order valence-electron chi connectivity index (χ1n) is 9.03. The van der Waals surface area contributed by atoms with Gasteiger partial charge in [0.05, 0.1) is 0 Å². The van der Waals surface area contributed by atoms with E-state index in [2.05, 4.69) is 14.9 Å². The van der Waals surface area contributed by atoms with Gasteiger partial charge in [0.25, 0.3) is 5.91 Å². The summed E-state index contributed by atoms with van der Waals surface area (Å²) in [4.78, 5) is 26.2.